The van der Waals surface area contributed by atoms with Crippen molar-refractivity contribution >= 4 is 11.3 Å². The molecule has 1 atom stereocenters. The van der Waals surface area contributed by atoms with E-state index in [0.717, 1.165) is 17.2 Å². The molecule has 1 fully saturated rings. The first-order chi connectivity index (χ1) is 5.36. The van der Waals surface area contributed by atoms with Crippen molar-refractivity contribution in [3.05, 3.63) is 16.6 Å². The second-order valence-corrected chi connectivity index (χ2v) is 4.02. The van der Waals surface area contributed by atoms with Crippen LogP contribution in [0.25, 0.3) is 0 Å². The standard InChI is InChI=1S/C8H11NOS/c10-7(3-6-1-2-6)8-4-9-5-11-8/h4-7,10H,1-3H2. The topological polar surface area (TPSA) is 33.1 Å². The summed E-state index contributed by atoms with van der Waals surface area (Å²) in [5, 5.41) is 9.59. The Morgan fingerprint density at radius 2 is 2.55 bits per heavy atom. The van der Waals surface area contributed by atoms with Crippen molar-refractivity contribution in [1.82, 2.24) is 4.98 Å². The van der Waals surface area contributed by atoms with Crippen LogP contribution in [-0.4, -0.2) is 10.1 Å². The fourth-order valence-corrected chi connectivity index (χ4v) is 1.79. The Morgan fingerprint density at radius 1 is 1.73 bits per heavy atom. The Kier molecular flexibility index (Phi) is 1.92. The zero-order valence-electron chi connectivity index (χ0n) is 6.23. The minimum Gasteiger partial charge on any atom is -0.388 e. The normalized spacial score (nSPS) is 20.1. The van der Waals surface area contributed by atoms with Gasteiger partial charge in [0.25, 0.3) is 0 Å². The summed E-state index contributed by atoms with van der Waals surface area (Å²) in [4.78, 5) is 4.94. The van der Waals surface area contributed by atoms with Gasteiger partial charge in [-0.05, 0) is 12.3 Å². The lowest BCUT2D eigenvalue weighted by Gasteiger charge is -2.04. The molecule has 0 saturated heterocycles. The fraction of sp³-hybridized carbons (Fsp3) is 0.625. The summed E-state index contributed by atoms with van der Waals surface area (Å²) in [6.07, 6.45) is 5.04. The molecule has 1 aromatic heterocycles. The lowest BCUT2D eigenvalue weighted by atomic mass is 10.1. The minimum absolute atomic E-state index is 0.255. The molecule has 1 aromatic rings. The van der Waals surface area contributed by atoms with E-state index in [2.05, 4.69) is 4.98 Å². The monoisotopic (exact) mass is 169 g/mol. The number of thiazole rings is 1. The highest BCUT2D eigenvalue weighted by molar-refractivity contribution is 7.09. The molecule has 1 saturated carbocycles. The van der Waals surface area contributed by atoms with Gasteiger partial charge in [-0.25, -0.2) is 0 Å². The van der Waals surface area contributed by atoms with Crippen LogP contribution in [0.3, 0.4) is 0 Å². The first-order valence-corrected chi connectivity index (χ1v) is 4.80. The van der Waals surface area contributed by atoms with Crippen LogP contribution in [0, 0.1) is 5.92 Å². The van der Waals surface area contributed by atoms with Gasteiger partial charge in [-0.3, -0.25) is 4.98 Å². The number of aromatic nitrogens is 1. The Bertz CT molecular complexity index is 218. The van der Waals surface area contributed by atoms with Crippen LogP contribution in [-0.2, 0) is 0 Å². The molecule has 0 amide bonds. The molecule has 60 valence electrons. The van der Waals surface area contributed by atoms with Crippen LogP contribution >= 0.6 is 11.3 Å². The number of rotatable bonds is 3. The highest BCUT2D eigenvalue weighted by Crippen LogP contribution is 2.38. The molecule has 1 unspecified atom stereocenters. The smallest absolute Gasteiger partial charge is 0.0900 e. The fourth-order valence-electron chi connectivity index (χ4n) is 1.18. The van der Waals surface area contributed by atoms with E-state index in [0.29, 0.717) is 0 Å². The lowest BCUT2D eigenvalue weighted by Crippen LogP contribution is -1.94. The zero-order chi connectivity index (χ0) is 7.68. The maximum atomic E-state index is 9.59. The van der Waals surface area contributed by atoms with Crippen LogP contribution < -0.4 is 0 Å². The molecule has 0 spiro atoms. The molecular formula is C8H11NOS. The van der Waals surface area contributed by atoms with Crippen LogP contribution in [0.5, 0.6) is 0 Å². The average molecular weight is 169 g/mol. The van der Waals surface area contributed by atoms with E-state index in [4.69, 9.17) is 0 Å². The van der Waals surface area contributed by atoms with Gasteiger partial charge in [-0.2, -0.15) is 0 Å². The Balaban J connectivity index is 1.93. The van der Waals surface area contributed by atoms with Crippen molar-refractivity contribution < 1.29 is 5.11 Å². The second kappa shape index (κ2) is 2.91. The van der Waals surface area contributed by atoms with Gasteiger partial charge in [0.05, 0.1) is 16.5 Å². The molecule has 0 bridgehead atoms. The SMILES string of the molecule is OC(CC1CC1)c1cncs1. The van der Waals surface area contributed by atoms with Crippen molar-refractivity contribution in [2.24, 2.45) is 5.92 Å². The summed E-state index contributed by atoms with van der Waals surface area (Å²) >= 11 is 1.54. The van der Waals surface area contributed by atoms with Gasteiger partial charge in [0, 0.05) is 6.20 Å². The largest absolute Gasteiger partial charge is 0.388 e. The molecule has 1 heterocycles. The van der Waals surface area contributed by atoms with Crippen LogP contribution in [0.2, 0.25) is 0 Å². The van der Waals surface area contributed by atoms with E-state index in [1.807, 2.05) is 0 Å². The van der Waals surface area contributed by atoms with Crippen molar-refractivity contribution in [3.8, 4) is 0 Å². The highest BCUT2D eigenvalue weighted by Gasteiger charge is 2.25. The van der Waals surface area contributed by atoms with Crippen LogP contribution in [0.4, 0.5) is 0 Å². The van der Waals surface area contributed by atoms with E-state index < -0.39 is 0 Å². The second-order valence-electron chi connectivity index (χ2n) is 3.10. The first kappa shape index (κ1) is 7.25. The van der Waals surface area contributed by atoms with Gasteiger partial charge in [0.1, 0.15) is 0 Å². The van der Waals surface area contributed by atoms with Crippen LogP contribution in [0.15, 0.2) is 11.7 Å². The van der Waals surface area contributed by atoms with Crippen molar-refractivity contribution in [2.45, 2.75) is 25.4 Å². The molecule has 0 aliphatic heterocycles. The van der Waals surface area contributed by atoms with E-state index in [1.54, 1.807) is 11.7 Å². The summed E-state index contributed by atoms with van der Waals surface area (Å²) in [7, 11) is 0. The first-order valence-electron chi connectivity index (χ1n) is 3.92. The Labute approximate surface area is 69.9 Å². The summed E-state index contributed by atoms with van der Waals surface area (Å²) in [6, 6.07) is 0. The predicted octanol–water partition coefficient (Wildman–Crippen LogP) is 1.98. The third-order valence-corrected chi connectivity index (χ3v) is 2.91. The molecule has 2 nitrogen and oxygen atoms in total. The maximum Gasteiger partial charge on any atom is 0.0900 e. The molecule has 1 N–H and O–H groups in total. The molecule has 0 radical (unpaired) electrons. The number of aliphatic hydroxyl groups is 1. The van der Waals surface area contributed by atoms with E-state index >= 15 is 0 Å². The summed E-state index contributed by atoms with van der Waals surface area (Å²) < 4.78 is 0. The van der Waals surface area contributed by atoms with Gasteiger partial charge in [0.15, 0.2) is 0 Å². The molecule has 1 aliphatic rings. The summed E-state index contributed by atoms with van der Waals surface area (Å²) in [5.41, 5.74) is 1.77. The maximum absolute atomic E-state index is 9.59. The number of nitrogens with zero attached hydrogens (tertiary/aromatic N) is 1. The number of aliphatic hydroxyl groups excluding tert-OH is 1. The van der Waals surface area contributed by atoms with Gasteiger partial charge in [-0.1, -0.05) is 12.8 Å². The van der Waals surface area contributed by atoms with Crippen molar-refractivity contribution in [3.63, 3.8) is 0 Å². The summed E-state index contributed by atoms with van der Waals surface area (Å²) in [5.74, 6) is 0.784. The number of hydrogen-bond acceptors (Lipinski definition) is 3. The highest BCUT2D eigenvalue weighted by atomic mass is 32.1. The average Bonchev–Trinajstić information content (AvgIpc) is 2.67. The molecule has 3 heteroatoms. The molecule has 2 rings (SSSR count). The van der Waals surface area contributed by atoms with E-state index in [-0.39, 0.29) is 6.10 Å². The van der Waals surface area contributed by atoms with Gasteiger partial charge in [-0.15, -0.1) is 11.3 Å². The van der Waals surface area contributed by atoms with Gasteiger partial charge < -0.3 is 5.11 Å². The Morgan fingerprint density at radius 3 is 3.09 bits per heavy atom. The Hall–Kier alpha value is -0.410. The molecule has 1 aliphatic carbocycles. The third-order valence-electron chi connectivity index (χ3n) is 2.03. The van der Waals surface area contributed by atoms with E-state index in [9.17, 15) is 5.11 Å². The van der Waals surface area contributed by atoms with Gasteiger partial charge in [0.2, 0.25) is 0 Å². The van der Waals surface area contributed by atoms with Gasteiger partial charge >= 0.3 is 0 Å². The molecule has 0 aromatic carbocycles. The zero-order valence-corrected chi connectivity index (χ0v) is 7.05. The molecular weight excluding hydrogens is 158 g/mol. The van der Waals surface area contributed by atoms with Crippen molar-refractivity contribution in [2.75, 3.05) is 0 Å². The van der Waals surface area contributed by atoms with Crippen molar-refractivity contribution in [1.29, 1.82) is 0 Å². The van der Waals surface area contributed by atoms with E-state index in [1.165, 1.54) is 24.2 Å². The predicted molar refractivity (Wildman–Crippen MR) is 44.4 cm³/mol. The molecule has 11 heavy (non-hydrogen) atoms. The third kappa shape index (κ3) is 1.79. The quantitative estimate of drug-likeness (QED) is 0.750. The lowest BCUT2D eigenvalue weighted by molar-refractivity contribution is 0.164. The number of hydrogen-bond donors (Lipinski definition) is 1. The van der Waals surface area contributed by atoms with Crippen LogP contribution in [0.1, 0.15) is 30.2 Å². The minimum atomic E-state index is -0.255. The summed E-state index contributed by atoms with van der Waals surface area (Å²) in [6.45, 7) is 0.